The zero-order valence-electron chi connectivity index (χ0n) is 9.82. The summed E-state index contributed by atoms with van der Waals surface area (Å²) < 4.78 is 23.8. The maximum Gasteiger partial charge on any atom is 0.142 e. The van der Waals surface area contributed by atoms with Crippen LogP contribution in [-0.2, 0) is 11.3 Å². The lowest BCUT2D eigenvalue weighted by Crippen LogP contribution is -2.11. The Morgan fingerprint density at radius 1 is 1.39 bits per heavy atom. The van der Waals surface area contributed by atoms with Crippen LogP contribution in [0.3, 0.4) is 0 Å². The van der Waals surface area contributed by atoms with Gasteiger partial charge in [0.1, 0.15) is 23.9 Å². The van der Waals surface area contributed by atoms with Gasteiger partial charge in [-0.3, -0.25) is 0 Å². The first-order chi connectivity index (χ1) is 8.61. The monoisotopic (exact) mass is 269 g/mol. The number of methoxy groups -OCH3 is 1. The van der Waals surface area contributed by atoms with Crippen molar-refractivity contribution in [1.82, 2.24) is 0 Å². The molecule has 1 unspecified atom stereocenters. The second kappa shape index (κ2) is 5.52. The van der Waals surface area contributed by atoms with E-state index in [0.717, 1.165) is 0 Å². The molecule has 2 rings (SSSR count). The summed E-state index contributed by atoms with van der Waals surface area (Å²) in [6.07, 6.45) is 0. The molecule has 0 saturated carbocycles. The minimum absolute atomic E-state index is 0.0745. The first kappa shape index (κ1) is 13.1. The second-order valence-electron chi connectivity index (χ2n) is 3.89. The van der Waals surface area contributed by atoms with Crippen LogP contribution < -0.4 is 5.73 Å². The Balaban J connectivity index is 2.23. The van der Waals surface area contributed by atoms with Crippen LogP contribution in [0.1, 0.15) is 23.1 Å². The average molecular weight is 270 g/mol. The van der Waals surface area contributed by atoms with Gasteiger partial charge in [-0.15, -0.1) is 0 Å². The highest BCUT2D eigenvalue weighted by molar-refractivity contribution is 6.30. The van der Waals surface area contributed by atoms with E-state index in [4.69, 9.17) is 26.5 Å². The number of benzene rings is 1. The summed E-state index contributed by atoms with van der Waals surface area (Å²) in [6.45, 7) is 0.377. The number of nitrogens with two attached hydrogens (primary N) is 1. The molecule has 0 fully saturated rings. The van der Waals surface area contributed by atoms with Gasteiger partial charge in [-0.1, -0.05) is 17.7 Å². The van der Waals surface area contributed by atoms with Crippen molar-refractivity contribution in [2.24, 2.45) is 5.73 Å². The first-order valence-electron chi connectivity index (χ1n) is 5.40. The Morgan fingerprint density at radius 2 is 2.17 bits per heavy atom. The molecule has 18 heavy (non-hydrogen) atoms. The van der Waals surface area contributed by atoms with Crippen molar-refractivity contribution in [3.8, 4) is 0 Å². The van der Waals surface area contributed by atoms with E-state index in [2.05, 4.69) is 0 Å². The molecule has 2 aromatic rings. The molecular formula is C13H13ClFNO2. The van der Waals surface area contributed by atoms with E-state index in [9.17, 15) is 4.39 Å². The Kier molecular flexibility index (Phi) is 4.01. The molecule has 96 valence electrons. The van der Waals surface area contributed by atoms with Crippen molar-refractivity contribution in [2.45, 2.75) is 12.6 Å². The highest BCUT2D eigenvalue weighted by atomic mass is 35.5. The summed E-state index contributed by atoms with van der Waals surface area (Å²) in [6, 6.07) is 7.48. The summed E-state index contributed by atoms with van der Waals surface area (Å²) in [4.78, 5) is 0. The average Bonchev–Trinajstić information content (AvgIpc) is 2.81. The molecule has 5 heteroatoms. The Morgan fingerprint density at radius 3 is 2.83 bits per heavy atom. The fourth-order valence-corrected chi connectivity index (χ4v) is 1.77. The predicted molar refractivity (Wildman–Crippen MR) is 66.9 cm³/mol. The summed E-state index contributed by atoms with van der Waals surface area (Å²) in [5, 5.41) is 0.0745. The van der Waals surface area contributed by atoms with Crippen LogP contribution in [0.15, 0.2) is 34.7 Å². The third-order valence-electron chi connectivity index (χ3n) is 2.58. The van der Waals surface area contributed by atoms with Gasteiger partial charge in [-0.05, 0) is 29.8 Å². The summed E-state index contributed by atoms with van der Waals surface area (Å²) in [5.41, 5.74) is 6.61. The lowest BCUT2D eigenvalue weighted by Gasteiger charge is -2.09. The molecule has 1 aromatic heterocycles. The standard InChI is InChI=1S/C13H13ClFNO2/c1-17-7-9-3-5-12(18-9)13(16)8-2-4-10(14)11(15)6-8/h2-6,13H,7,16H2,1H3. The molecule has 3 nitrogen and oxygen atoms in total. The zero-order valence-corrected chi connectivity index (χ0v) is 10.6. The number of rotatable bonds is 4. The maximum atomic E-state index is 13.3. The normalized spacial score (nSPS) is 12.7. The number of ether oxygens (including phenoxy) is 1. The molecule has 0 spiro atoms. The minimum atomic E-state index is -0.526. The molecule has 0 radical (unpaired) electrons. The molecule has 1 aromatic carbocycles. The Bertz CT molecular complexity index is 542. The van der Waals surface area contributed by atoms with Gasteiger partial charge in [0.25, 0.3) is 0 Å². The highest BCUT2D eigenvalue weighted by Gasteiger charge is 2.15. The molecule has 0 bridgehead atoms. The van der Waals surface area contributed by atoms with Gasteiger partial charge < -0.3 is 14.9 Å². The largest absolute Gasteiger partial charge is 0.462 e. The molecule has 0 aliphatic carbocycles. The van der Waals surface area contributed by atoms with Crippen molar-refractivity contribution in [1.29, 1.82) is 0 Å². The molecule has 2 N–H and O–H groups in total. The van der Waals surface area contributed by atoms with Crippen molar-refractivity contribution < 1.29 is 13.5 Å². The van der Waals surface area contributed by atoms with Crippen molar-refractivity contribution in [3.63, 3.8) is 0 Å². The SMILES string of the molecule is COCc1ccc(C(N)c2ccc(Cl)c(F)c2)o1. The van der Waals surface area contributed by atoms with Gasteiger partial charge in [0, 0.05) is 7.11 Å². The van der Waals surface area contributed by atoms with Gasteiger partial charge in [0.05, 0.1) is 11.1 Å². The van der Waals surface area contributed by atoms with Gasteiger partial charge in [0.15, 0.2) is 0 Å². The highest BCUT2D eigenvalue weighted by Crippen LogP contribution is 2.25. The molecule has 0 aliphatic rings. The van der Waals surface area contributed by atoms with Crippen LogP contribution in [0.25, 0.3) is 0 Å². The van der Waals surface area contributed by atoms with Gasteiger partial charge in [0.2, 0.25) is 0 Å². The first-order valence-corrected chi connectivity index (χ1v) is 5.77. The van der Waals surface area contributed by atoms with Crippen LogP contribution in [0.5, 0.6) is 0 Å². The van der Waals surface area contributed by atoms with Crippen LogP contribution in [0.4, 0.5) is 4.39 Å². The van der Waals surface area contributed by atoms with Gasteiger partial charge >= 0.3 is 0 Å². The van der Waals surface area contributed by atoms with Crippen molar-refractivity contribution in [2.75, 3.05) is 7.11 Å². The number of hydrogen-bond donors (Lipinski definition) is 1. The third-order valence-corrected chi connectivity index (χ3v) is 2.88. The topological polar surface area (TPSA) is 48.4 Å². The van der Waals surface area contributed by atoms with Gasteiger partial charge in [-0.25, -0.2) is 4.39 Å². The van der Waals surface area contributed by atoms with Crippen LogP contribution in [0, 0.1) is 5.82 Å². The quantitative estimate of drug-likeness (QED) is 0.927. The molecule has 1 heterocycles. The van der Waals surface area contributed by atoms with E-state index in [-0.39, 0.29) is 5.02 Å². The fourth-order valence-electron chi connectivity index (χ4n) is 1.65. The van der Waals surface area contributed by atoms with Crippen LogP contribution >= 0.6 is 11.6 Å². The van der Waals surface area contributed by atoms with Crippen LogP contribution in [-0.4, -0.2) is 7.11 Å². The number of furan rings is 1. The van der Waals surface area contributed by atoms with Crippen molar-refractivity contribution >= 4 is 11.6 Å². The fraction of sp³-hybridized carbons (Fsp3) is 0.231. The molecule has 0 amide bonds. The minimum Gasteiger partial charge on any atom is -0.462 e. The maximum absolute atomic E-state index is 13.3. The number of hydrogen-bond acceptors (Lipinski definition) is 3. The summed E-state index contributed by atoms with van der Waals surface area (Å²) in [5.74, 6) is 0.745. The summed E-state index contributed by atoms with van der Waals surface area (Å²) in [7, 11) is 1.58. The summed E-state index contributed by atoms with van der Waals surface area (Å²) >= 11 is 5.62. The Labute approximate surface area is 109 Å². The smallest absolute Gasteiger partial charge is 0.142 e. The lowest BCUT2D eigenvalue weighted by molar-refractivity contribution is 0.162. The Hall–Kier alpha value is -1.36. The second-order valence-corrected chi connectivity index (χ2v) is 4.30. The predicted octanol–water partition coefficient (Wildman–Crippen LogP) is 3.27. The van der Waals surface area contributed by atoms with E-state index in [1.54, 1.807) is 25.3 Å². The molecule has 1 atom stereocenters. The lowest BCUT2D eigenvalue weighted by atomic mass is 10.1. The van der Waals surface area contributed by atoms with E-state index in [0.29, 0.717) is 23.7 Å². The third kappa shape index (κ3) is 2.72. The zero-order chi connectivity index (χ0) is 13.1. The molecule has 0 saturated heterocycles. The number of halogens is 2. The van der Waals surface area contributed by atoms with E-state index in [1.165, 1.54) is 12.1 Å². The molecule has 0 aliphatic heterocycles. The van der Waals surface area contributed by atoms with E-state index in [1.807, 2.05) is 0 Å². The molecular weight excluding hydrogens is 257 g/mol. The van der Waals surface area contributed by atoms with E-state index >= 15 is 0 Å². The van der Waals surface area contributed by atoms with Crippen molar-refractivity contribution in [3.05, 3.63) is 58.3 Å². The van der Waals surface area contributed by atoms with Gasteiger partial charge in [-0.2, -0.15) is 0 Å². The van der Waals surface area contributed by atoms with Crippen LogP contribution in [0.2, 0.25) is 5.02 Å². The van der Waals surface area contributed by atoms with E-state index < -0.39 is 11.9 Å².